The molecule has 2 amide bonds. The molecule has 176 valence electrons. The number of carbonyl (C=O) groups is 2. The van der Waals surface area contributed by atoms with Gasteiger partial charge in [-0.3, -0.25) is 19.4 Å². The Morgan fingerprint density at radius 1 is 0.781 bits per heavy atom. The fourth-order valence-corrected chi connectivity index (χ4v) is 4.33. The molecule has 0 aliphatic carbocycles. The van der Waals surface area contributed by atoms with Gasteiger partial charge in [-0.15, -0.1) is 0 Å². The lowest BCUT2D eigenvalue weighted by Gasteiger charge is -2.36. The Morgan fingerprint density at radius 2 is 1.41 bits per heavy atom. The number of amides is 2. The second-order valence-electron chi connectivity index (χ2n) is 8.56. The fraction of sp³-hybridized carbons (Fsp3) is 0.652. The van der Waals surface area contributed by atoms with Crippen LogP contribution in [0.2, 0.25) is 0 Å². The summed E-state index contributed by atoms with van der Waals surface area (Å²) < 4.78 is 10.7. The van der Waals surface area contributed by atoms with Crippen molar-refractivity contribution in [2.45, 2.75) is 6.42 Å². The average molecular weight is 446 g/mol. The van der Waals surface area contributed by atoms with Gasteiger partial charge in [0.25, 0.3) is 0 Å². The molecule has 0 atom stereocenters. The van der Waals surface area contributed by atoms with Crippen molar-refractivity contribution in [3.8, 4) is 0 Å². The lowest BCUT2D eigenvalue weighted by atomic mass is 10.2. The standard InChI is InChI=1S/C23H35N5O4/c29-22(24-20-1-3-21(4-2-20)27-13-17-32-18-14-27)5-6-25-7-9-28(10-8-25)23(30)19-26-11-15-31-16-12-26/h1-4H,5-19H2,(H,24,29). The van der Waals surface area contributed by atoms with E-state index < -0.39 is 0 Å². The van der Waals surface area contributed by atoms with E-state index in [9.17, 15) is 9.59 Å². The summed E-state index contributed by atoms with van der Waals surface area (Å²) in [7, 11) is 0. The van der Waals surface area contributed by atoms with E-state index >= 15 is 0 Å². The number of nitrogens with zero attached hydrogens (tertiary/aromatic N) is 4. The second-order valence-corrected chi connectivity index (χ2v) is 8.56. The third-order valence-electron chi connectivity index (χ3n) is 6.37. The van der Waals surface area contributed by atoms with E-state index in [4.69, 9.17) is 9.47 Å². The van der Waals surface area contributed by atoms with Crippen molar-refractivity contribution in [3.05, 3.63) is 24.3 Å². The van der Waals surface area contributed by atoms with Crippen LogP contribution in [0.15, 0.2) is 24.3 Å². The number of hydrogen-bond donors (Lipinski definition) is 1. The SMILES string of the molecule is O=C(CCN1CCN(C(=O)CN2CCOCC2)CC1)Nc1ccc(N2CCOCC2)cc1. The van der Waals surface area contributed by atoms with Crippen LogP contribution in [-0.4, -0.2) is 118 Å². The molecular formula is C23H35N5O4. The van der Waals surface area contributed by atoms with Gasteiger partial charge in [-0.05, 0) is 24.3 Å². The van der Waals surface area contributed by atoms with Crippen molar-refractivity contribution in [2.24, 2.45) is 0 Å². The monoisotopic (exact) mass is 445 g/mol. The molecule has 1 aromatic rings. The van der Waals surface area contributed by atoms with Crippen molar-refractivity contribution in [3.63, 3.8) is 0 Å². The molecule has 0 saturated carbocycles. The predicted octanol–water partition coefficient (Wildman–Crippen LogP) is 0.328. The van der Waals surface area contributed by atoms with Gasteiger partial charge >= 0.3 is 0 Å². The second kappa shape index (κ2) is 11.6. The van der Waals surface area contributed by atoms with Crippen LogP contribution >= 0.6 is 0 Å². The molecule has 32 heavy (non-hydrogen) atoms. The van der Waals surface area contributed by atoms with E-state index in [-0.39, 0.29) is 11.8 Å². The summed E-state index contributed by atoms with van der Waals surface area (Å²) in [5.74, 6) is 0.222. The van der Waals surface area contributed by atoms with Crippen molar-refractivity contribution in [1.82, 2.24) is 14.7 Å². The number of ether oxygens (including phenoxy) is 2. The zero-order chi connectivity index (χ0) is 22.2. The van der Waals surface area contributed by atoms with Crippen LogP contribution in [0.25, 0.3) is 0 Å². The predicted molar refractivity (Wildman–Crippen MR) is 123 cm³/mol. The topological polar surface area (TPSA) is 77.6 Å². The largest absolute Gasteiger partial charge is 0.379 e. The third-order valence-corrected chi connectivity index (χ3v) is 6.37. The first-order valence-electron chi connectivity index (χ1n) is 11.7. The molecule has 3 fully saturated rings. The number of hydrogen-bond acceptors (Lipinski definition) is 7. The Balaban J connectivity index is 1.13. The summed E-state index contributed by atoms with van der Waals surface area (Å²) in [6, 6.07) is 8.02. The van der Waals surface area contributed by atoms with Gasteiger partial charge < -0.3 is 24.6 Å². The van der Waals surface area contributed by atoms with Gasteiger partial charge in [0.1, 0.15) is 0 Å². The third kappa shape index (κ3) is 6.65. The van der Waals surface area contributed by atoms with Crippen molar-refractivity contribution in [1.29, 1.82) is 0 Å². The minimum atomic E-state index is 0.0231. The minimum absolute atomic E-state index is 0.0231. The van der Waals surface area contributed by atoms with E-state index in [1.807, 2.05) is 29.2 Å². The molecule has 4 rings (SSSR count). The van der Waals surface area contributed by atoms with Gasteiger partial charge in [0, 0.05) is 76.7 Å². The summed E-state index contributed by atoms with van der Waals surface area (Å²) in [4.78, 5) is 33.6. The molecule has 3 heterocycles. The molecule has 3 aliphatic heterocycles. The van der Waals surface area contributed by atoms with Crippen LogP contribution in [0.5, 0.6) is 0 Å². The van der Waals surface area contributed by atoms with Crippen LogP contribution in [0.4, 0.5) is 11.4 Å². The number of benzene rings is 1. The number of nitrogens with one attached hydrogen (secondary N) is 1. The van der Waals surface area contributed by atoms with Gasteiger partial charge in [-0.1, -0.05) is 0 Å². The maximum absolute atomic E-state index is 12.5. The number of rotatable bonds is 7. The smallest absolute Gasteiger partial charge is 0.236 e. The molecular weight excluding hydrogens is 410 g/mol. The Labute approximate surface area is 190 Å². The molecule has 0 aromatic heterocycles. The molecule has 0 spiro atoms. The van der Waals surface area contributed by atoms with Crippen LogP contribution in [0, 0.1) is 0 Å². The minimum Gasteiger partial charge on any atom is -0.379 e. The van der Waals surface area contributed by atoms with E-state index in [2.05, 4.69) is 20.0 Å². The molecule has 0 radical (unpaired) electrons. The number of morpholine rings is 2. The first-order valence-corrected chi connectivity index (χ1v) is 11.7. The zero-order valence-electron chi connectivity index (χ0n) is 18.8. The number of piperazine rings is 1. The highest BCUT2D eigenvalue weighted by molar-refractivity contribution is 5.91. The molecule has 3 aliphatic rings. The van der Waals surface area contributed by atoms with E-state index in [1.54, 1.807) is 0 Å². The highest BCUT2D eigenvalue weighted by Gasteiger charge is 2.23. The lowest BCUT2D eigenvalue weighted by molar-refractivity contribution is -0.135. The van der Waals surface area contributed by atoms with Gasteiger partial charge in [0.05, 0.1) is 33.0 Å². The molecule has 3 saturated heterocycles. The molecule has 0 bridgehead atoms. The molecule has 9 heteroatoms. The van der Waals surface area contributed by atoms with Crippen LogP contribution in [-0.2, 0) is 19.1 Å². The van der Waals surface area contributed by atoms with Gasteiger partial charge in [0.2, 0.25) is 11.8 Å². The first-order chi connectivity index (χ1) is 15.7. The summed E-state index contributed by atoms with van der Waals surface area (Å²) in [6.45, 7) is 10.7. The average Bonchev–Trinajstić information content (AvgIpc) is 2.85. The molecule has 0 unspecified atom stereocenters. The Hall–Kier alpha value is -2.20. The summed E-state index contributed by atoms with van der Waals surface area (Å²) in [6.07, 6.45) is 0.451. The Morgan fingerprint density at radius 3 is 2.06 bits per heavy atom. The van der Waals surface area contributed by atoms with Crippen LogP contribution < -0.4 is 10.2 Å². The molecule has 1 aromatic carbocycles. The van der Waals surface area contributed by atoms with E-state index in [0.29, 0.717) is 32.7 Å². The Bertz CT molecular complexity index is 739. The number of anilines is 2. The molecule has 1 N–H and O–H groups in total. The van der Waals surface area contributed by atoms with Crippen LogP contribution in [0.3, 0.4) is 0 Å². The maximum Gasteiger partial charge on any atom is 0.236 e. The highest BCUT2D eigenvalue weighted by atomic mass is 16.5. The van der Waals surface area contributed by atoms with Crippen molar-refractivity contribution in [2.75, 3.05) is 102 Å². The molecule has 9 nitrogen and oxygen atoms in total. The summed E-state index contributed by atoms with van der Waals surface area (Å²) in [5, 5.41) is 3.00. The normalized spacial score (nSPS) is 20.9. The van der Waals surface area contributed by atoms with Gasteiger partial charge in [0.15, 0.2) is 0 Å². The number of carbonyl (C=O) groups excluding carboxylic acids is 2. The highest BCUT2D eigenvalue weighted by Crippen LogP contribution is 2.19. The maximum atomic E-state index is 12.5. The van der Waals surface area contributed by atoms with Gasteiger partial charge in [-0.25, -0.2) is 0 Å². The van der Waals surface area contributed by atoms with Crippen LogP contribution in [0.1, 0.15) is 6.42 Å². The summed E-state index contributed by atoms with van der Waals surface area (Å²) >= 11 is 0. The van der Waals surface area contributed by atoms with Crippen molar-refractivity contribution < 1.29 is 19.1 Å². The van der Waals surface area contributed by atoms with E-state index in [0.717, 1.165) is 76.9 Å². The Kier molecular flexibility index (Phi) is 8.33. The van der Waals surface area contributed by atoms with E-state index in [1.165, 1.54) is 0 Å². The fourth-order valence-electron chi connectivity index (χ4n) is 4.33. The van der Waals surface area contributed by atoms with Gasteiger partial charge in [-0.2, -0.15) is 0 Å². The first kappa shape index (κ1) is 23.0. The lowest BCUT2D eigenvalue weighted by Crippen LogP contribution is -2.52. The summed E-state index contributed by atoms with van der Waals surface area (Å²) in [5.41, 5.74) is 1.98. The zero-order valence-corrected chi connectivity index (χ0v) is 18.8. The quantitative estimate of drug-likeness (QED) is 0.648. The van der Waals surface area contributed by atoms with Crippen molar-refractivity contribution >= 4 is 23.2 Å².